The summed E-state index contributed by atoms with van der Waals surface area (Å²) in [5, 5.41) is 3.14. The van der Waals surface area contributed by atoms with Crippen molar-refractivity contribution < 1.29 is 23.8 Å². The van der Waals surface area contributed by atoms with E-state index in [0.29, 0.717) is 42.4 Å². The highest BCUT2D eigenvalue weighted by molar-refractivity contribution is 6.37. The fourth-order valence-corrected chi connectivity index (χ4v) is 3.55. The second kappa shape index (κ2) is 11.3. The summed E-state index contributed by atoms with van der Waals surface area (Å²) in [7, 11) is 3.10. The van der Waals surface area contributed by atoms with Crippen LogP contribution in [0.5, 0.6) is 11.5 Å². The first-order valence-electron chi connectivity index (χ1n) is 10.8. The van der Waals surface area contributed by atoms with Crippen LogP contribution in [0.3, 0.4) is 0 Å². The summed E-state index contributed by atoms with van der Waals surface area (Å²) in [6.07, 6.45) is 2.63. The van der Waals surface area contributed by atoms with Crippen LogP contribution in [0.25, 0.3) is 5.57 Å². The molecule has 0 saturated heterocycles. The van der Waals surface area contributed by atoms with Gasteiger partial charge >= 0.3 is 0 Å². The Morgan fingerprint density at radius 1 is 0.844 bits per heavy atom. The minimum Gasteiger partial charge on any atom is -0.496 e. The molecule has 2 amide bonds. The number of amides is 2. The number of nitrogens with one attached hydrogen (secondary N) is 1. The molecule has 32 heavy (non-hydrogen) atoms. The largest absolute Gasteiger partial charge is 0.496 e. The van der Waals surface area contributed by atoms with Gasteiger partial charge in [0.1, 0.15) is 17.2 Å². The Balaban J connectivity index is 1.91. The zero-order valence-corrected chi connectivity index (χ0v) is 18.8. The van der Waals surface area contributed by atoms with Crippen molar-refractivity contribution in [2.75, 3.05) is 39.3 Å². The number of anilines is 1. The van der Waals surface area contributed by atoms with Crippen molar-refractivity contribution in [2.24, 2.45) is 0 Å². The van der Waals surface area contributed by atoms with Crippen LogP contribution in [-0.2, 0) is 14.3 Å². The predicted molar refractivity (Wildman–Crippen MR) is 124 cm³/mol. The van der Waals surface area contributed by atoms with Crippen molar-refractivity contribution >= 4 is 23.1 Å². The lowest BCUT2D eigenvalue weighted by atomic mass is 10.0. The van der Waals surface area contributed by atoms with E-state index in [1.165, 1.54) is 4.90 Å². The zero-order chi connectivity index (χ0) is 22.9. The summed E-state index contributed by atoms with van der Waals surface area (Å²) < 4.78 is 16.5. The fraction of sp³-hybridized carbons (Fsp3) is 0.360. The molecule has 0 spiro atoms. The Morgan fingerprint density at radius 2 is 1.50 bits per heavy atom. The molecule has 0 aliphatic carbocycles. The standard InChI is InChI=1S/C25H30N2O5/c1-4-5-16-32-17-10-15-27-24(28)22(18-11-6-8-13-20(18)30-2)23(25(27)29)26-19-12-7-9-14-21(19)31-3/h6-9,11-14,26H,4-5,10,15-17H2,1-3H3. The van der Waals surface area contributed by atoms with Gasteiger partial charge in [0, 0.05) is 25.3 Å². The minimum absolute atomic E-state index is 0.205. The van der Waals surface area contributed by atoms with E-state index >= 15 is 0 Å². The number of carbonyl (C=O) groups is 2. The fourth-order valence-electron chi connectivity index (χ4n) is 3.55. The first kappa shape index (κ1) is 23.3. The van der Waals surface area contributed by atoms with Gasteiger partial charge in [0.15, 0.2) is 0 Å². The molecular formula is C25H30N2O5. The molecule has 7 nitrogen and oxygen atoms in total. The third-order valence-corrected chi connectivity index (χ3v) is 5.22. The molecule has 0 atom stereocenters. The number of rotatable bonds is 12. The second-order valence-electron chi connectivity index (χ2n) is 7.36. The number of nitrogens with zero attached hydrogens (tertiary/aromatic N) is 1. The summed E-state index contributed by atoms with van der Waals surface area (Å²) in [5.41, 5.74) is 1.65. The molecule has 7 heteroatoms. The van der Waals surface area contributed by atoms with Gasteiger partial charge in [0.2, 0.25) is 0 Å². The van der Waals surface area contributed by atoms with Crippen LogP contribution >= 0.6 is 0 Å². The normalized spacial score (nSPS) is 13.7. The van der Waals surface area contributed by atoms with Crippen molar-refractivity contribution in [3.63, 3.8) is 0 Å². The highest BCUT2D eigenvalue weighted by Crippen LogP contribution is 2.36. The Morgan fingerprint density at radius 3 is 2.22 bits per heavy atom. The third-order valence-electron chi connectivity index (χ3n) is 5.22. The third kappa shape index (κ3) is 5.11. The monoisotopic (exact) mass is 438 g/mol. The molecular weight excluding hydrogens is 408 g/mol. The number of hydrogen-bond acceptors (Lipinski definition) is 6. The molecule has 0 aromatic heterocycles. The summed E-state index contributed by atoms with van der Waals surface area (Å²) in [4.78, 5) is 28.0. The molecule has 1 heterocycles. The number of methoxy groups -OCH3 is 2. The van der Waals surface area contributed by atoms with Crippen molar-refractivity contribution in [3.05, 3.63) is 59.8 Å². The molecule has 0 fully saturated rings. The summed E-state index contributed by atoms with van der Waals surface area (Å²) in [5.74, 6) is 0.357. The quantitative estimate of drug-likeness (QED) is 0.397. The first-order valence-corrected chi connectivity index (χ1v) is 10.8. The van der Waals surface area contributed by atoms with Gasteiger partial charge < -0.3 is 19.5 Å². The number of ether oxygens (including phenoxy) is 3. The van der Waals surface area contributed by atoms with E-state index in [9.17, 15) is 9.59 Å². The summed E-state index contributed by atoms with van der Waals surface area (Å²) in [6, 6.07) is 14.4. The van der Waals surface area contributed by atoms with E-state index in [-0.39, 0.29) is 29.6 Å². The maximum absolute atomic E-state index is 13.4. The van der Waals surface area contributed by atoms with E-state index in [0.717, 1.165) is 12.8 Å². The lowest BCUT2D eigenvalue weighted by Gasteiger charge is -2.16. The highest BCUT2D eigenvalue weighted by Gasteiger charge is 2.40. The van der Waals surface area contributed by atoms with Crippen molar-refractivity contribution in [1.29, 1.82) is 0 Å². The van der Waals surface area contributed by atoms with Crippen LogP contribution in [0.2, 0.25) is 0 Å². The van der Waals surface area contributed by atoms with Gasteiger partial charge in [-0.05, 0) is 31.0 Å². The maximum Gasteiger partial charge on any atom is 0.278 e. The minimum atomic E-state index is -0.379. The molecule has 170 valence electrons. The molecule has 2 aromatic carbocycles. The molecule has 0 saturated carbocycles. The lowest BCUT2D eigenvalue weighted by Crippen LogP contribution is -2.34. The van der Waals surface area contributed by atoms with Crippen molar-refractivity contribution in [2.45, 2.75) is 26.2 Å². The predicted octanol–water partition coefficient (Wildman–Crippen LogP) is 4.10. The van der Waals surface area contributed by atoms with Crippen LogP contribution in [0.1, 0.15) is 31.7 Å². The number of carbonyl (C=O) groups excluding carboxylic acids is 2. The molecule has 0 bridgehead atoms. The van der Waals surface area contributed by atoms with Gasteiger partial charge in [-0.3, -0.25) is 14.5 Å². The van der Waals surface area contributed by atoms with Gasteiger partial charge in [0.25, 0.3) is 11.8 Å². The highest BCUT2D eigenvalue weighted by atomic mass is 16.5. The molecule has 0 unspecified atom stereocenters. The second-order valence-corrected chi connectivity index (χ2v) is 7.36. The Labute approximate surface area is 189 Å². The smallest absolute Gasteiger partial charge is 0.278 e. The molecule has 0 radical (unpaired) electrons. The Bertz CT molecular complexity index is 986. The van der Waals surface area contributed by atoms with Crippen LogP contribution in [0, 0.1) is 0 Å². The SMILES string of the molecule is CCCCOCCCN1C(=O)C(Nc2ccccc2OC)=C(c2ccccc2OC)C1=O. The molecule has 1 N–H and O–H groups in total. The van der Waals surface area contributed by atoms with Gasteiger partial charge in [-0.1, -0.05) is 43.7 Å². The molecule has 2 aromatic rings. The van der Waals surface area contributed by atoms with Gasteiger partial charge in [-0.25, -0.2) is 0 Å². The molecule has 3 rings (SSSR count). The van der Waals surface area contributed by atoms with Crippen LogP contribution in [-0.4, -0.2) is 50.7 Å². The van der Waals surface area contributed by atoms with E-state index in [1.807, 2.05) is 24.3 Å². The Kier molecular flexibility index (Phi) is 8.27. The van der Waals surface area contributed by atoms with E-state index in [1.54, 1.807) is 38.5 Å². The average Bonchev–Trinajstić information content (AvgIpc) is 3.05. The average molecular weight is 439 g/mol. The Hall–Kier alpha value is -3.32. The summed E-state index contributed by atoms with van der Waals surface area (Å²) >= 11 is 0. The van der Waals surface area contributed by atoms with E-state index < -0.39 is 0 Å². The van der Waals surface area contributed by atoms with Crippen LogP contribution in [0.4, 0.5) is 5.69 Å². The van der Waals surface area contributed by atoms with E-state index in [4.69, 9.17) is 14.2 Å². The van der Waals surface area contributed by atoms with Crippen molar-refractivity contribution in [1.82, 2.24) is 4.90 Å². The topological polar surface area (TPSA) is 77.1 Å². The maximum atomic E-state index is 13.4. The van der Waals surface area contributed by atoms with Gasteiger partial charge in [-0.15, -0.1) is 0 Å². The summed E-state index contributed by atoms with van der Waals surface area (Å²) in [6.45, 7) is 3.56. The molecule has 1 aliphatic rings. The van der Waals surface area contributed by atoms with Gasteiger partial charge in [-0.2, -0.15) is 0 Å². The van der Waals surface area contributed by atoms with Crippen LogP contribution in [0.15, 0.2) is 54.2 Å². The van der Waals surface area contributed by atoms with Crippen LogP contribution < -0.4 is 14.8 Å². The van der Waals surface area contributed by atoms with Crippen molar-refractivity contribution in [3.8, 4) is 11.5 Å². The lowest BCUT2D eigenvalue weighted by molar-refractivity contribution is -0.137. The molecule has 1 aliphatic heterocycles. The zero-order valence-electron chi connectivity index (χ0n) is 18.8. The number of imide groups is 1. The van der Waals surface area contributed by atoms with Gasteiger partial charge in [0.05, 0.1) is 25.5 Å². The first-order chi connectivity index (χ1) is 15.6. The number of para-hydroxylation sites is 3. The van der Waals surface area contributed by atoms with E-state index in [2.05, 4.69) is 12.2 Å². The number of hydrogen-bond donors (Lipinski definition) is 1. The number of benzene rings is 2. The number of unbranched alkanes of at least 4 members (excludes halogenated alkanes) is 1.